The zero-order chi connectivity index (χ0) is 11.3. The Morgan fingerprint density at radius 2 is 2.13 bits per heavy atom. The van der Waals surface area contributed by atoms with Gasteiger partial charge in [0.1, 0.15) is 5.75 Å². The SMILES string of the molecule is CC[C@@H](c1cccc(OC)c1)[C@@H](C)CO. The fourth-order valence-electron chi connectivity index (χ4n) is 1.97. The molecule has 0 bridgehead atoms. The number of rotatable bonds is 5. The third-order valence-corrected chi connectivity index (χ3v) is 2.94. The predicted octanol–water partition coefficient (Wildman–Crippen LogP) is 2.82. The molecular formula is C13H20O2. The van der Waals surface area contributed by atoms with E-state index in [1.807, 2.05) is 12.1 Å². The molecular weight excluding hydrogens is 188 g/mol. The first-order valence-electron chi connectivity index (χ1n) is 5.47. The van der Waals surface area contributed by atoms with E-state index < -0.39 is 0 Å². The van der Waals surface area contributed by atoms with Gasteiger partial charge in [0.05, 0.1) is 7.11 Å². The number of aliphatic hydroxyl groups is 1. The number of benzene rings is 1. The smallest absolute Gasteiger partial charge is 0.119 e. The Balaban J connectivity index is 2.91. The maximum Gasteiger partial charge on any atom is 0.119 e. The normalized spacial score (nSPS) is 14.7. The molecule has 0 aliphatic heterocycles. The molecule has 15 heavy (non-hydrogen) atoms. The van der Waals surface area contributed by atoms with Crippen LogP contribution >= 0.6 is 0 Å². The zero-order valence-electron chi connectivity index (χ0n) is 9.73. The Bertz CT molecular complexity index is 296. The molecule has 0 radical (unpaired) electrons. The molecule has 0 fully saturated rings. The zero-order valence-corrected chi connectivity index (χ0v) is 9.73. The van der Waals surface area contributed by atoms with E-state index in [1.54, 1.807) is 7.11 Å². The number of hydrogen-bond acceptors (Lipinski definition) is 2. The van der Waals surface area contributed by atoms with Crippen molar-refractivity contribution in [2.24, 2.45) is 5.92 Å². The Morgan fingerprint density at radius 3 is 2.67 bits per heavy atom. The van der Waals surface area contributed by atoms with E-state index in [9.17, 15) is 5.11 Å². The first kappa shape index (κ1) is 12.1. The van der Waals surface area contributed by atoms with Crippen LogP contribution in [0.3, 0.4) is 0 Å². The van der Waals surface area contributed by atoms with E-state index in [2.05, 4.69) is 26.0 Å². The molecule has 0 spiro atoms. The molecule has 2 heteroatoms. The lowest BCUT2D eigenvalue weighted by atomic mass is 9.85. The van der Waals surface area contributed by atoms with Crippen LogP contribution in [0.25, 0.3) is 0 Å². The lowest BCUT2D eigenvalue weighted by molar-refractivity contribution is 0.213. The minimum absolute atomic E-state index is 0.232. The van der Waals surface area contributed by atoms with E-state index in [1.165, 1.54) is 5.56 Å². The summed E-state index contributed by atoms with van der Waals surface area (Å²) in [6, 6.07) is 8.10. The van der Waals surface area contributed by atoms with E-state index in [4.69, 9.17) is 4.74 Å². The molecule has 0 aromatic heterocycles. The summed E-state index contributed by atoms with van der Waals surface area (Å²) in [4.78, 5) is 0. The molecule has 0 aliphatic carbocycles. The van der Waals surface area contributed by atoms with Crippen LogP contribution in [-0.4, -0.2) is 18.8 Å². The summed E-state index contributed by atoms with van der Waals surface area (Å²) in [6.07, 6.45) is 1.04. The van der Waals surface area contributed by atoms with E-state index in [0.29, 0.717) is 11.8 Å². The van der Waals surface area contributed by atoms with Crippen molar-refractivity contribution in [2.45, 2.75) is 26.2 Å². The van der Waals surface area contributed by atoms with Crippen LogP contribution in [0.4, 0.5) is 0 Å². The molecule has 0 saturated carbocycles. The number of ether oxygens (including phenoxy) is 1. The maximum absolute atomic E-state index is 9.19. The molecule has 0 saturated heterocycles. The van der Waals surface area contributed by atoms with Gasteiger partial charge in [-0.3, -0.25) is 0 Å². The Hall–Kier alpha value is -1.02. The topological polar surface area (TPSA) is 29.5 Å². The van der Waals surface area contributed by atoms with Crippen LogP contribution in [0.15, 0.2) is 24.3 Å². The van der Waals surface area contributed by atoms with Gasteiger partial charge in [-0.15, -0.1) is 0 Å². The van der Waals surface area contributed by atoms with Gasteiger partial charge in [-0.2, -0.15) is 0 Å². The summed E-state index contributed by atoms with van der Waals surface area (Å²) < 4.78 is 5.20. The molecule has 1 aromatic carbocycles. The molecule has 2 nitrogen and oxygen atoms in total. The van der Waals surface area contributed by atoms with Crippen molar-refractivity contribution in [3.63, 3.8) is 0 Å². The summed E-state index contributed by atoms with van der Waals surface area (Å²) in [6.45, 7) is 4.46. The average molecular weight is 208 g/mol. The molecule has 84 valence electrons. The monoisotopic (exact) mass is 208 g/mol. The second-order valence-electron chi connectivity index (χ2n) is 3.95. The van der Waals surface area contributed by atoms with Crippen LogP contribution in [0.5, 0.6) is 5.75 Å². The van der Waals surface area contributed by atoms with Gasteiger partial charge in [-0.25, -0.2) is 0 Å². The second-order valence-corrected chi connectivity index (χ2v) is 3.95. The average Bonchev–Trinajstić information content (AvgIpc) is 2.30. The van der Waals surface area contributed by atoms with E-state index in [-0.39, 0.29) is 6.61 Å². The van der Waals surface area contributed by atoms with Gasteiger partial charge in [-0.05, 0) is 36.0 Å². The number of hydrogen-bond donors (Lipinski definition) is 1. The van der Waals surface area contributed by atoms with Crippen LogP contribution in [0, 0.1) is 5.92 Å². The van der Waals surface area contributed by atoms with Crippen molar-refractivity contribution in [3.05, 3.63) is 29.8 Å². The quantitative estimate of drug-likeness (QED) is 0.806. The predicted molar refractivity (Wildman–Crippen MR) is 62.3 cm³/mol. The highest BCUT2D eigenvalue weighted by Gasteiger charge is 2.16. The van der Waals surface area contributed by atoms with E-state index in [0.717, 1.165) is 12.2 Å². The number of methoxy groups -OCH3 is 1. The third-order valence-electron chi connectivity index (χ3n) is 2.94. The van der Waals surface area contributed by atoms with Crippen molar-refractivity contribution in [3.8, 4) is 5.75 Å². The van der Waals surface area contributed by atoms with Crippen LogP contribution in [-0.2, 0) is 0 Å². The summed E-state index contributed by atoms with van der Waals surface area (Å²) in [5.41, 5.74) is 1.25. The molecule has 0 amide bonds. The molecule has 0 unspecified atom stereocenters. The Kier molecular flexibility index (Phi) is 4.63. The first-order chi connectivity index (χ1) is 7.22. The van der Waals surface area contributed by atoms with Crippen LogP contribution < -0.4 is 4.74 Å². The molecule has 1 N–H and O–H groups in total. The fourth-order valence-corrected chi connectivity index (χ4v) is 1.97. The molecule has 1 rings (SSSR count). The first-order valence-corrected chi connectivity index (χ1v) is 5.47. The summed E-state index contributed by atoms with van der Waals surface area (Å²) >= 11 is 0. The molecule has 2 atom stereocenters. The summed E-state index contributed by atoms with van der Waals surface area (Å²) in [7, 11) is 1.68. The lowest BCUT2D eigenvalue weighted by Crippen LogP contribution is -2.12. The van der Waals surface area contributed by atoms with Gasteiger partial charge in [0.25, 0.3) is 0 Å². The van der Waals surface area contributed by atoms with Gasteiger partial charge in [0.15, 0.2) is 0 Å². The maximum atomic E-state index is 9.19. The van der Waals surface area contributed by atoms with Gasteiger partial charge >= 0.3 is 0 Å². The van der Waals surface area contributed by atoms with Crippen molar-refractivity contribution in [1.29, 1.82) is 0 Å². The molecule has 0 heterocycles. The summed E-state index contributed by atoms with van der Waals surface area (Å²) in [5, 5.41) is 9.19. The highest BCUT2D eigenvalue weighted by Crippen LogP contribution is 2.29. The second kappa shape index (κ2) is 5.76. The Labute approximate surface area is 91.9 Å². The van der Waals surface area contributed by atoms with Crippen LogP contribution in [0.1, 0.15) is 31.7 Å². The minimum atomic E-state index is 0.232. The highest BCUT2D eigenvalue weighted by atomic mass is 16.5. The van der Waals surface area contributed by atoms with Crippen molar-refractivity contribution in [2.75, 3.05) is 13.7 Å². The van der Waals surface area contributed by atoms with Crippen molar-refractivity contribution >= 4 is 0 Å². The van der Waals surface area contributed by atoms with E-state index >= 15 is 0 Å². The van der Waals surface area contributed by atoms with Gasteiger partial charge in [-0.1, -0.05) is 26.0 Å². The van der Waals surface area contributed by atoms with Gasteiger partial charge in [0, 0.05) is 6.61 Å². The van der Waals surface area contributed by atoms with Crippen molar-refractivity contribution in [1.82, 2.24) is 0 Å². The van der Waals surface area contributed by atoms with Gasteiger partial charge in [0.2, 0.25) is 0 Å². The van der Waals surface area contributed by atoms with Crippen LogP contribution in [0.2, 0.25) is 0 Å². The third kappa shape index (κ3) is 2.96. The summed E-state index contributed by atoms with van der Waals surface area (Å²) in [5.74, 6) is 1.59. The number of aliphatic hydroxyl groups excluding tert-OH is 1. The van der Waals surface area contributed by atoms with Gasteiger partial charge < -0.3 is 9.84 Å². The lowest BCUT2D eigenvalue weighted by Gasteiger charge is -2.21. The fraction of sp³-hybridized carbons (Fsp3) is 0.538. The largest absolute Gasteiger partial charge is 0.497 e. The minimum Gasteiger partial charge on any atom is -0.497 e. The standard InChI is InChI=1S/C13H20O2/c1-4-13(10(2)9-14)11-6-5-7-12(8-11)15-3/h5-8,10,13-14H,4,9H2,1-3H3/t10-,13+/m0/s1. The Morgan fingerprint density at radius 1 is 1.40 bits per heavy atom. The van der Waals surface area contributed by atoms with Crippen molar-refractivity contribution < 1.29 is 9.84 Å². The molecule has 1 aromatic rings. The highest BCUT2D eigenvalue weighted by molar-refractivity contribution is 5.31. The molecule has 0 aliphatic rings.